The Morgan fingerprint density at radius 2 is 2.19 bits per heavy atom. The number of carbonyl (C=O) groups excluding carboxylic acids is 1. The summed E-state index contributed by atoms with van der Waals surface area (Å²) in [5, 5.41) is 3.33. The maximum Gasteiger partial charge on any atom is 0.313 e. The number of esters is 1. The van der Waals surface area contributed by atoms with Gasteiger partial charge in [0.25, 0.3) is 0 Å². The Labute approximate surface area is 126 Å². The van der Waals surface area contributed by atoms with E-state index < -0.39 is 11.1 Å². The smallest absolute Gasteiger partial charge is 0.313 e. The van der Waals surface area contributed by atoms with Crippen molar-refractivity contribution in [2.75, 3.05) is 33.4 Å². The van der Waals surface area contributed by atoms with Crippen LogP contribution in [0.15, 0.2) is 0 Å². The van der Waals surface area contributed by atoms with Gasteiger partial charge in [-0.3, -0.25) is 4.79 Å². The zero-order chi connectivity index (χ0) is 15.7. The number of piperidine rings is 1. The third-order valence-electron chi connectivity index (χ3n) is 5.04. The first-order valence-corrected chi connectivity index (χ1v) is 7.77. The molecule has 2 aliphatic heterocycles. The summed E-state index contributed by atoms with van der Waals surface area (Å²) in [7, 11) is 1.39. The van der Waals surface area contributed by atoms with Gasteiger partial charge in [-0.1, -0.05) is 20.8 Å². The first-order chi connectivity index (χ1) is 9.71. The molecule has 0 aromatic rings. The molecular weight excluding hydrogens is 273 g/mol. The van der Waals surface area contributed by atoms with E-state index in [0.29, 0.717) is 31.9 Å². The third-order valence-corrected chi connectivity index (χ3v) is 5.04. The van der Waals surface area contributed by atoms with Crippen LogP contribution in [0.3, 0.4) is 0 Å². The number of alkyl halides is 1. The first kappa shape index (κ1) is 16.7. The number of nitrogens with one attached hydrogen (secondary N) is 1. The van der Waals surface area contributed by atoms with Crippen LogP contribution in [0, 0.1) is 16.7 Å². The number of rotatable bonds is 3. The molecule has 0 saturated carbocycles. The number of carbonyl (C=O) groups is 1. The van der Waals surface area contributed by atoms with Crippen molar-refractivity contribution < 1.29 is 18.7 Å². The van der Waals surface area contributed by atoms with Crippen molar-refractivity contribution in [1.82, 2.24) is 5.32 Å². The molecule has 1 N–H and O–H groups in total. The van der Waals surface area contributed by atoms with Crippen LogP contribution >= 0.6 is 0 Å². The summed E-state index contributed by atoms with van der Waals surface area (Å²) >= 11 is 0. The van der Waals surface area contributed by atoms with E-state index in [1.165, 1.54) is 7.11 Å². The normalized spacial score (nSPS) is 37.5. The monoisotopic (exact) mass is 301 g/mol. The Morgan fingerprint density at radius 3 is 2.71 bits per heavy atom. The molecule has 3 atom stereocenters. The molecule has 0 aromatic carbocycles. The molecule has 2 fully saturated rings. The maximum absolute atomic E-state index is 14.9. The van der Waals surface area contributed by atoms with Gasteiger partial charge in [0, 0.05) is 26.0 Å². The highest BCUT2D eigenvalue weighted by Gasteiger charge is 2.52. The summed E-state index contributed by atoms with van der Waals surface area (Å²) in [5.74, 6) is 0.0177. The lowest BCUT2D eigenvalue weighted by Crippen LogP contribution is -2.54. The second-order valence-electron chi connectivity index (χ2n) is 7.80. The lowest BCUT2D eigenvalue weighted by molar-refractivity contribution is -0.159. The zero-order valence-corrected chi connectivity index (χ0v) is 13.6. The maximum atomic E-state index is 14.9. The fourth-order valence-electron chi connectivity index (χ4n) is 3.62. The minimum absolute atomic E-state index is 0.0718. The van der Waals surface area contributed by atoms with E-state index in [1.807, 2.05) is 0 Å². The molecule has 2 aliphatic rings. The highest BCUT2D eigenvalue weighted by Crippen LogP contribution is 2.46. The summed E-state index contributed by atoms with van der Waals surface area (Å²) in [5.41, 5.74) is -2.12. The van der Waals surface area contributed by atoms with E-state index in [9.17, 15) is 9.18 Å². The molecule has 1 unspecified atom stereocenters. The average Bonchev–Trinajstić information content (AvgIpc) is 2.83. The van der Waals surface area contributed by atoms with Crippen molar-refractivity contribution >= 4 is 5.97 Å². The van der Waals surface area contributed by atoms with Crippen LogP contribution in [0.5, 0.6) is 0 Å². The SMILES string of the molecule is COC(=O)[C@@]1(CC2(F)CCOC2)CNC[C@H](C(C)(C)C)C1. The standard InChI is InChI=1S/C16H28FNO3/c1-14(2,3)12-7-15(10-18-8-12,13(19)20-4)9-16(17)5-6-21-11-16/h12,18H,5-11H2,1-4H3/t12-,15+,16?/m1/s1. The third kappa shape index (κ3) is 3.57. The van der Waals surface area contributed by atoms with E-state index in [-0.39, 0.29) is 24.4 Å². The summed E-state index contributed by atoms with van der Waals surface area (Å²) < 4.78 is 25.1. The van der Waals surface area contributed by atoms with Gasteiger partial charge in [-0.15, -0.1) is 0 Å². The summed E-state index contributed by atoms with van der Waals surface area (Å²) in [6.45, 7) is 8.36. The van der Waals surface area contributed by atoms with Crippen LogP contribution in [0.4, 0.5) is 4.39 Å². The summed E-state index contributed by atoms with van der Waals surface area (Å²) in [6.07, 6.45) is 1.22. The van der Waals surface area contributed by atoms with Gasteiger partial charge < -0.3 is 14.8 Å². The molecule has 0 aliphatic carbocycles. The summed E-state index contributed by atoms with van der Waals surface area (Å²) in [4.78, 5) is 12.4. The van der Waals surface area contributed by atoms with Crippen LogP contribution in [0.2, 0.25) is 0 Å². The minimum Gasteiger partial charge on any atom is -0.469 e. The lowest BCUT2D eigenvalue weighted by atomic mass is 9.64. The van der Waals surface area contributed by atoms with Crippen molar-refractivity contribution in [3.63, 3.8) is 0 Å². The molecule has 21 heavy (non-hydrogen) atoms. The zero-order valence-electron chi connectivity index (χ0n) is 13.6. The van der Waals surface area contributed by atoms with Gasteiger partial charge in [-0.25, -0.2) is 4.39 Å². The fraction of sp³-hybridized carbons (Fsp3) is 0.938. The van der Waals surface area contributed by atoms with Crippen molar-refractivity contribution in [3.8, 4) is 0 Å². The molecule has 4 nitrogen and oxygen atoms in total. The van der Waals surface area contributed by atoms with Gasteiger partial charge in [0.15, 0.2) is 0 Å². The van der Waals surface area contributed by atoms with Crippen LogP contribution < -0.4 is 5.32 Å². The second kappa shape index (κ2) is 5.84. The molecular formula is C16H28FNO3. The van der Waals surface area contributed by atoms with Gasteiger partial charge in [0.2, 0.25) is 0 Å². The van der Waals surface area contributed by atoms with Gasteiger partial charge >= 0.3 is 5.97 Å². The number of ether oxygens (including phenoxy) is 2. The van der Waals surface area contributed by atoms with Gasteiger partial charge in [-0.05, 0) is 24.3 Å². The average molecular weight is 301 g/mol. The molecule has 0 aromatic heterocycles. The lowest BCUT2D eigenvalue weighted by Gasteiger charge is -2.45. The van der Waals surface area contributed by atoms with Gasteiger partial charge in [0.05, 0.1) is 19.1 Å². The van der Waals surface area contributed by atoms with E-state index in [1.54, 1.807) is 0 Å². The largest absolute Gasteiger partial charge is 0.469 e. The van der Waals surface area contributed by atoms with E-state index >= 15 is 0 Å². The molecule has 2 saturated heterocycles. The van der Waals surface area contributed by atoms with Crippen molar-refractivity contribution in [1.29, 1.82) is 0 Å². The highest BCUT2D eigenvalue weighted by molar-refractivity contribution is 5.77. The van der Waals surface area contributed by atoms with Crippen LogP contribution in [0.1, 0.15) is 40.0 Å². The topological polar surface area (TPSA) is 47.6 Å². The number of halogens is 1. The Balaban J connectivity index is 2.22. The molecule has 0 radical (unpaired) electrons. The van der Waals surface area contributed by atoms with Gasteiger partial charge in [0.1, 0.15) is 5.67 Å². The van der Waals surface area contributed by atoms with Crippen LogP contribution in [-0.2, 0) is 14.3 Å². The van der Waals surface area contributed by atoms with Crippen molar-refractivity contribution in [2.24, 2.45) is 16.7 Å². The van der Waals surface area contributed by atoms with E-state index in [2.05, 4.69) is 26.1 Å². The van der Waals surface area contributed by atoms with Crippen molar-refractivity contribution in [3.05, 3.63) is 0 Å². The Kier molecular flexibility index (Phi) is 4.64. The summed E-state index contributed by atoms with van der Waals surface area (Å²) in [6, 6.07) is 0. The van der Waals surface area contributed by atoms with Crippen LogP contribution in [-0.4, -0.2) is 45.1 Å². The predicted octanol–water partition coefficient (Wildman–Crippen LogP) is 2.32. The first-order valence-electron chi connectivity index (χ1n) is 7.77. The Morgan fingerprint density at radius 1 is 1.48 bits per heavy atom. The van der Waals surface area contributed by atoms with E-state index in [0.717, 1.165) is 6.54 Å². The highest BCUT2D eigenvalue weighted by atomic mass is 19.1. The Hall–Kier alpha value is -0.680. The molecule has 2 rings (SSSR count). The number of methoxy groups -OCH3 is 1. The van der Waals surface area contributed by atoms with E-state index in [4.69, 9.17) is 9.47 Å². The number of hydrogen-bond acceptors (Lipinski definition) is 4. The minimum atomic E-state index is -1.41. The molecule has 5 heteroatoms. The van der Waals surface area contributed by atoms with Crippen molar-refractivity contribution in [2.45, 2.75) is 45.7 Å². The molecule has 0 spiro atoms. The quantitative estimate of drug-likeness (QED) is 0.813. The van der Waals surface area contributed by atoms with Crippen LogP contribution in [0.25, 0.3) is 0 Å². The second-order valence-corrected chi connectivity index (χ2v) is 7.80. The molecule has 2 heterocycles. The number of hydrogen-bond donors (Lipinski definition) is 1. The Bertz CT molecular complexity index is 387. The predicted molar refractivity (Wildman–Crippen MR) is 78.8 cm³/mol. The van der Waals surface area contributed by atoms with Gasteiger partial charge in [-0.2, -0.15) is 0 Å². The fourth-order valence-corrected chi connectivity index (χ4v) is 3.62. The molecule has 0 amide bonds. The molecule has 122 valence electrons. The molecule has 0 bridgehead atoms.